The van der Waals surface area contributed by atoms with E-state index in [0.717, 1.165) is 17.7 Å². The van der Waals surface area contributed by atoms with Crippen molar-refractivity contribution in [1.82, 2.24) is 0 Å². The Morgan fingerprint density at radius 2 is 2.00 bits per heavy atom. The number of ether oxygens (including phenoxy) is 1. The molecule has 0 fully saturated rings. The Labute approximate surface area is 98.8 Å². The van der Waals surface area contributed by atoms with Crippen molar-refractivity contribution in [3.05, 3.63) is 29.3 Å². The van der Waals surface area contributed by atoms with Gasteiger partial charge in [-0.1, -0.05) is 32.9 Å². The summed E-state index contributed by atoms with van der Waals surface area (Å²) in [5.41, 5.74) is 8.76. The molecule has 0 aromatic heterocycles. The molecule has 90 valence electrons. The molecule has 1 unspecified atom stereocenters. The van der Waals surface area contributed by atoms with Gasteiger partial charge in [0.2, 0.25) is 0 Å². The maximum atomic E-state index is 6.30. The molecular formula is C14H23NO. The Hall–Kier alpha value is -1.02. The van der Waals surface area contributed by atoms with Gasteiger partial charge in [0, 0.05) is 6.04 Å². The molecule has 1 rings (SSSR count). The van der Waals surface area contributed by atoms with Crippen LogP contribution < -0.4 is 10.5 Å². The summed E-state index contributed by atoms with van der Waals surface area (Å²) >= 11 is 0. The number of methoxy groups -OCH3 is 1. The van der Waals surface area contributed by atoms with E-state index in [1.807, 2.05) is 13.0 Å². The Morgan fingerprint density at radius 3 is 2.44 bits per heavy atom. The topological polar surface area (TPSA) is 35.2 Å². The van der Waals surface area contributed by atoms with Gasteiger partial charge in [-0.2, -0.15) is 0 Å². The molecule has 0 spiro atoms. The van der Waals surface area contributed by atoms with Crippen LogP contribution in [0.5, 0.6) is 5.75 Å². The number of rotatable bonds is 4. The van der Waals surface area contributed by atoms with E-state index in [0.29, 0.717) is 0 Å². The highest BCUT2D eigenvalue weighted by molar-refractivity contribution is 5.37. The van der Waals surface area contributed by atoms with E-state index in [2.05, 4.69) is 32.9 Å². The minimum absolute atomic E-state index is 0.0714. The van der Waals surface area contributed by atoms with E-state index in [9.17, 15) is 0 Å². The third kappa shape index (κ3) is 2.56. The van der Waals surface area contributed by atoms with Crippen molar-refractivity contribution >= 4 is 0 Å². The highest BCUT2D eigenvalue weighted by atomic mass is 16.5. The van der Waals surface area contributed by atoms with E-state index < -0.39 is 0 Å². The van der Waals surface area contributed by atoms with Crippen LogP contribution in [-0.2, 0) is 0 Å². The Morgan fingerprint density at radius 1 is 1.38 bits per heavy atom. The fourth-order valence-corrected chi connectivity index (χ4v) is 1.77. The van der Waals surface area contributed by atoms with E-state index in [-0.39, 0.29) is 11.5 Å². The lowest BCUT2D eigenvalue weighted by Crippen LogP contribution is -2.28. The summed E-state index contributed by atoms with van der Waals surface area (Å²) < 4.78 is 5.25. The van der Waals surface area contributed by atoms with Gasteiger partial charge in [-0.05, 0) is 36.0 Å². The second kappa shape index (κ2) is 4.88. The SMILES string of the molecule is CCC(C)(C)C(N)c1ccc(OC)c(C)c1. The smallest absolute Gasteiger partial charge is 0.121 e. The first-order chi connectivity index (χ1) is 7.42. The maximum absolute atomic E-state index is 6.30. The molecule has 1 aromatic carbocycles. The predicted octanol–water partition coefficient (Wildman–Crippen LogP) is 3.44. The van der Waals surface area contributed by atoms with Crippen LogP contribution in [0.1, 0.15) is 44.4 Å². The number of benzene rings is 1. The molecule has 0 bridgehead atoms. The Bertz CT molecular complexity index is 358. The van der Waals surface area contributed by atoms with Crippen LogP contribution >= 0.6 is 0 Å². The summed E-state index contributed by atoms with van der Waals surface area (Å²) in [4.78, 5) is 0. The van der Waals surface area contributed by atoms with Gasteiger partial charge in [-0.25, -0.2) is 0 Å². The van der Waals surface area contributed by atoms with Crippen LogP contribution in [0.3, 0.4) is 0 Å². The Balaban J connectivity index is 3.02. The molecular weight excluding hydrogens is 198 g/mol. The molecule has 0 aliphatic rings. The molecule has 1 aromatic rings. The molecule has 0 saturated carbocycles. The summed E-state index contributed by atoms with van der Waals surface area (Å²) in [6.45, 7) is 8.64. The first kappa shape index (κ1) is 13.0. The molecule has 0 radical (unpaired) electrons. The number of aryl methyl sites for hydroxylation is 1. The summed E-state index contributed by atoms with van der Waals surface area (Å²) in [5, 5.41) is 0. The largest absolute Gasteiger partial charge is 0.496 e. The van der Waals surface area contributed by atoms with Crippen LogP contribution in [0.15, 0.2) is 18.2 Å². The van der Waals surface area contributed by atoms with Crippen molar-refractivity contribution in [3.63, 3.8) is 0 Å². The zero-order chi connectivity index (χ0) is 12.3. The lowest BCUT2D eigenvalue weighted by atomic mass is 9.78. The molecule has 0 saturated heterocycles. The second-order valence-electron chi connectivity index (χ2n) is 5.05. The zero-order valence-electron chi connectivity index (χ0n) is 11.0. The van der Waals surface area contributed by atoms with Gasteiger partial charge < -0.3 is 10.5 Å². The molecule has 0 amide bonds. The summed E-state index contributed by atoms with van der Waals surface area (Å²) in [6, 6.07) is 6.26. The van der Waals surface area contributed by atoms with Gasteiger partial charge in [0.25, 0.3) is 0 Å². The van der Waals surface area contributed by atoms with Crippen molar-refractivity contribution in [3.8, 4) is 5.75 Å². The first-order valence-corrected chi connectivity index (χ1v) is 5.82. The van der Waals surface area contributed by atoms with E-state index in [4.69, 9.17) is 10.5 Å². The average Bonchev–Trinajstić information content (AvgIpc) is 2.27. The summed E-state index contributed by atoms with van der Waals surface area (Å²) in [6.07, 6.45) is 1.07. The van der Waals surface area contributed by atoms with Gasteiger partial charge in [-0.15, -0.1) is 0 Å². The van der Waals surface area contributed by atoms with E-state index >= 15 is 0 Å². The lowest BCUT2D eigenvalue weighted by molar-refractivity contribution is 0.278. The highest BCUT2D eigenvalue weighted by Gasteiger charge is 2.25. The monoisotopic (exact) mass is 221 g/mol. The molecule has 0 aliphatic carbocycles. The maximum Gasteiger partial charge on any atom is 0.121 e. The number of hydrogen-bond acceptors (Lipinski definition) is 2. The normalized spacial score (nSPS) is 13.6. The molecule has 16 heavy (non-hydrogen) atoms. The molecule has 2 N–H and O–H groups in total. The highest BCUT2D eigenvalue weighted by Crippen LogP contribution is 2.35. The number of hydrogen-bond donors (Lipinski definition) is 1. The Kier molecular flexibility index (Phi) is 3.98. The molecule has 2 nitrogen and oxygen atoms in total. The van der Waals surface area contributed by atoms with Crippen LogP contribution in [0.2, 0.25) is 0 Å². The van der Waals surface area contributed by atoms with Crippen LogP contribution in [-0.4, -0.2) is 7.11 Å². The van der Waals surface area contributed by atoms with E-state index in [1.54, 1.807) is 7.11 Å². The predicted molar refractivity (Wildman–Crippen MR) is 68.7 cm³/mol. The lowest BCUT2D eigenvalue weighted by Gasteiger charge is -2.31. The molecule has 2 heteroatoms. The zero-order valence-corrected chi connectivity index (χ0v) is 11.0. The van der Waals surface area contributed by atoms with Crippen molar-refractivity contribution in [2.75, 3.05) is 7.11 Å². The fourth-order valence-electron chi connectivity index (χ4n) is 1.77. The second-order valence-corrected chi connectivity index (χ2v) is 5.05. The van der Waals surface area contributed by atoms with Crippen molar-refractivity contribution in [1.29, 1.82) is 0 Å². The van der Waals surface area contributed by atoms with E-state index in [1.165, 1.54) is 5.56 Å². The minimum Gasteiger partial charge on any atom is -0.496 e. The molecule has 0 heterocycles. The van der Waals surface area contributed by atoms with Gasteiger partial charge in [0.1, 0.15) is 5.75 Å². The molecule has 0 aliphatic heterocycles. The third-order valence-electron chi connectivity index (χ3n) is 3.53. The van der Waals surface area contributed by atoms with Crippen molar-refractivity contribution in [2.45, 2.75) is 40.2 Å². The minimum atomic E-state index is 0.0714. The van der Waals surface area contributed by atoms with Gasteiger partial charge in [-0.3, -0.25) is 0 Å². The summed E-state index contributed by atoms with van der Waals surface area (Å²) in [5.74, 6) is 0.922. The third-order valence-corrected chi connectivity index (χ3v) is 3.53. The quantitative estimate of drug-likeness (QED) is 0.845. The molecule has 1 atom stereocenters. The first-order valence-electron chi connectivity index (χ1n) is 5.82. The van der Waals surface area contributed by atoms with Crippen LogP contribution in [0.25, 0.3) is 0 Å². The van der Waals surface area contributed by atoms with Gasteiger partial charge >= 0.3 is 0 Å². The van der Waals surface area contributed by atoms with Gasteiger partial charge in [0.05, 0.1) is 7.11 Å². The van der Waals surface area contributed by atoms with Crippen LogP contribution in [0, 0.1) is 12.3 Å². The van der Waals surface area contributed by atoms with Crippen molar-refractivity contribution in [2.24, 2.45) is 11.1 Å². The van der Waals surface area contributed by atoms with Crippen LogP contribution in [0.4, 0.5) is 0 Å². The summed E-state index contributed by atoms with van der Waals surface area (Å²) in [7, 11) is 1.69. The van der Waals surface area contributed by atoms with Crippen molar-refractivity contribution < 1.29 is 4.74 Å². The standard InChI is InChI=1S/C14H23NO/c1-6-14(3,4)13(15)11-7-8-12(16-5)10(2)9-11/h7-9,13H,6,15H2,1-5H3. The average molecular weight is 221 g/mol. The fraction of sp³-hybridized carbons (Fsp3) is 0.571. The number of nitrogens with two attached hydrogens (primary N) is 1. The van der Waals surface area contributed by atoms with Gasteiger partial charge in [0.15, 0.2) is 0 Å².